The Morgan fingerprint density at radius 1 is 0.547 bits per heavy atom. The number of phosphoric ester groups is 1. The number of nitrogens with zero attached hydrogens (tertiary/aromatic N) is 4. The number of phenolic OH excluding ortho intramolecular Hbond substituents is 1. The second-order valence-corrected chi connectivity index (χ2v) is 15.9. The van der Waals surface area contributed by atoms with Crippen molar-refractivity contribution in [3.05, 3.63) is 131 Å². The van der Waals surface area contributed by atoms with Crippen molar-refractivity contribution in [2.45, 2.75) is 52.4 Å². The first kappa shape index (κ1) is 50.5. The number of fused-ring (bicyclic) bond motifs is 4. The van der Waals surface area contributed by atoms with Crippen molar-refractivity contribution >= 4 is 51.2 Å². The molecule has 4 aromatic carbocycles. The normalized spacial score (nSPS) is 11.1. The Hall–Kier alpha value is -4.53. The van der Waals surface area contributed by atoms with E-state index in [0.29, 0.717) is 46.7 Å². The third-order valence-corrected chi connectivity index (χ3v) is 11.0. The summed E-state index contributed by atoms with van der Waals surface area (Å²) < 4.78 is 37.5. The Morgan fingerprint density at radius 2 is 0.969 bits per heavy atom. The SMILES string of the molecule is CCCc1ncc(Cc2cnc3ccc(O)cc3c2)c2cc(OC)c(OC)cc12.CCCc1ncc(Cc2cnc3ccc(OP(=O)([O-])[O-])cc3c2)c2cc(OC)c(OC)cc12.[Na+].[Na+]. The van der Waals surface area contributed by atoms with Crippen LogP contribution in [0.1, 0.15) is 60.3 Å². The molecule has 0 aliphatic carbocycles. The van der Waals surface area contributed by atoms with E-state index in [4.69, 9.17) is 28.9 Å². The standard InChI is InChI=1S/C24H25N2O6P.C24H24N2O3.2Na/c1-4-5-22-20-12-24(31-3)23(30-2)11-19(20)17(14-26-22)9-15-8-16-10-18(32-33(27,28)29)6-7-21(16)25-13-15;1-4-5-22-20-12-24(29-3)23(28-2)11-19(20)17(14-26-22)9-15-8-16-10-18(27)6-7-21(16)25-13-15;;/h6-8,10-14H,4-5,9H2,1-3H3,(H2,27,28,29);6-8,10-14,27H,4-5,9H2,1-3H3;;/q;;2*+1/p-2. The number of methoxy groups -OCH3 is 4. The molecular formula is C48H47N4Na2O9P. The average Bonchev–Trinajstić information content (AvgIpc) is 3.26. The molecule has 13 nitrogen and oxygen atoms in total. The van der Waals surface area contributed by atoms with E-state index in [1.165, 1.54) is 12.1 Å². The summed E-state index contributed by atoms with van der Waals surface area (Å²) in [5.41, 5.74) is 7.62. The summed E-state index contributed by atoms with van der Waals surface area (Å²) in [6, 6.07) is 21.6. The van der Waals surface area contributed by atoms with Gasteiger partial charge in [-0.1, -0.05) is 26.7 Å². The molecule has 1 N–H and O–H groups in total. The zero-order valence-electron chi connectivity index (χ0n) is 37.4. The van der Waals surface area contributed by atoms with Crippen molar-refractivity contribution in [1.82, 2.24) is 19.9 Å². The molecule has 4 aromatic heterocycles. The summed E-state index contributed by atoms with van der Waals surface area (Å²) in [6.45, 7) is 4.26. The van der Waals surface area contributed by atoms with Gasteiger partial charge in [-0.15, -0.1) is 0 Å². The number of phenols is 1. The van der Waals surface area contributed by atoms with Gasteiger partial charge in [0, 0.05) is 70.6 Å². The van der Waals surface area contributed by atoms with Crippen molar-refractivity contribution in [2.24, 2.45) is 0 Å². The number of pyridine rings is 4. The second kappa shape index (κ2) is 22.6. The summed E-state index contributed by atoms with van der Waals surface area (Å²) in [6.07, 6.45) is 12.4. The molecule has 8 rings (SSSR count). The third-order valence-electron chi connectivity index (χ3n) is 10.5. The zero-order chi connectivity index (χ0) is 44.0. The van der Waals surface area contributed by atoms with Crippen LogP contribution >= 0.6 is 7.82 Å². The smallest absolute Gasteiger partial charge is 0.780 e. The molecule has 0 unspecified atom stereocenters. The fourth-order valence-electron chi connectivity index (χ4n) is 7.65. The van der Waals surface area contributed by atoms with Crippen LogP contribution in [0, 0.1) is 0 Å². The number of rotatable bonds is 14. The molecule has 8 aromatic rings. The molecule has 0 aliphatic rings. The van der Waals surface area contributed by atoms with E-state index in [9.17, 15) is 19.5 Å². The van der Waals surface area contributed by atoms with Gasteiger partial charge in [0.1, 0.15) is 19.3 Å². The Labute approximate surface area is 416 Å². The van der Waals surface area contributed by atoms with Gasteiger partial charge in [-0.3, -0.25) is 19.9 Å². The number of aromatic hydroxyl groups is 1. The number of aryl methyl sites for hydroxylation is 2. The predicted molar refractivity (Wildman–Crippen MR) is 237 cm³/mol. The van der Waals surface area contributed by atoms with Gasteiger partial charge >= 0.3 is 59.1 Å². The van der Waals surface area contributed by atoms with Crippen LogP contribution in [0.4, 0.5) is 0 Å². The maximum absolute atomic E-state index is 10.9. The van der Waals surface area contributed by atoms with Crippen LogP contribution in [-0.4, -0.2) is 53.5 Å². The first-order chi connectivity index (χ1) is 29.9. The van der Waals surface area contributed by atoms with Crippen molar-refractivity contribution in [1.29, 1.82) is 0 Å². The third kappa shape index (κ3) is 11.8. The predicted octanol–water partition coefficient (Wildman–Crippen LogP) is 2.61. The molecule has 0 fully saturated rings. The van der Waals surface area contributed by atoms with Crippen LogP contribution in [0.15, 0.2) is 97.6 Å². The van der Waals surface area contributed by atoms with Crippen molar-refractivity contribution in [2.75, 3.05) is 28.4 Å². The average molecular weight is 901 g/mol. The number of hydrogen-bond acceptors (Lipinski definition) is 13. The molecule has 0 spiro atoms. The van der Waals surface area contributed by atoms with Gasteiger partial charge in [-0.2, -0.15) is 0 Å². The molecule has 320 valence electrons. The molecule has 0 aliphatic heterocycles. The first-order valence-electron chi connectivity index (χ1n) is 20.2. The van der Waals surface area contributed by atoms with E-state index < -0.39 is 7.82 Å². The molecule has 0 saturated heterocycles. The molecule has 0 saturated carbocycles. The zero-order valence-corrected chi connectivity index (χ0v) is 42.3. The maximum Gasteiger partial charge on any atom is 1.00 e. The molecule has 0 amide bonds. The van der Waals surface area contributed by atoms with E-state index in [2.05, 4.69) is 34.4 Å². The van der Waals surface area contributed by atoms with Crippen LogP contribution in [0.2, 0.25) is 0 Å². The van der Waals surface area contributed by atoms with Crippen molar-refractivity contribution in [3.63, 3.8) is 0 Å². The van der Waals surface area contributed by atoms with Crippen LogP contribution in [0.3, 0.4) is 0 Å². The van der Waals surface area contributed by atoms with E-state index in [-0.39, 0.29) is 70.6 Å². The molecular weight excluding hydrogens is 854 g/mol. The quantitative estimate of drug-likeness (QED) is 0.124. The summed E-state index contributed by atoms with van der Waals surface area (Å²) in [5.74, 6) is 2.90. The molecule has 0 radical (unpaired) electrons. The monoisotopic (exact) mass is 900 g/mol. The van der Waals surface area contributed by atoms with Crippen LogP contribution in [-0.2, 0) is 30.2 Å². The van der Waals surface area contributed by atoms with Gasteiger partial charge in [-0.25, -0.2) is 0 Å². The molecule has 4 heterocycles. The molecule has 0 bridgehead atoms. The summed E-state index contributed by atoms with van der Waals surface area (Å²) >= 11 is 0. The largest absolute Gasteiger partial charge is 1.00 e. The van der Waals surface area contributed by atoms with E-state index in [0.717, 1.165) is 91.8 Å². The Balaban J connectivity index is 0.000000235. The number of aromatic nitrogens is 4. The van der Waals surface area contributed by atoms with Gasteiger partial charge in [0.2, 0.25) is 0 Å². The number of benzene rings is 4. The van der Waals surface area contributed by atoms with Gasteiger partial charge in [0.15, 0.2) is 23.0 Å². The molecule has 16 heteroatoms. The fraction of sp³-hybridized carbons (Fsp3) is 0.250. The molecule has 64 heavy (non-hydrogen) atoms. The molecule has 0 atom stereocenters. The van der Waals surface area contributed by atoms with E-state index in [1.54, 1.807) is 52.8 Å². The topological polar surface area (TPSA) is 181 Å². The van der Waals surface area contributed by atoms with Crippen LogP contribution in [0.25, 0.3) is 43.4 Å². The van der Waals surface area contributed by atoms with Gasteiger partial charge in [-0.05, 0) is 119 Å². The summed E-state index contributed by atoms with van der Waals surface area (Å²) in [7, 11) is 1.38. The number of phosphoric acid groups is 1. The number of hydrogen-bond donors (Lipinski definition) is 1. The second-order valence-electron chi connectivity index (χ2n) is 14.8. The minimum atomic E-state index is -5.14. The van der Waals surface area contributed by atoms with Crippen LogP contribution < -0.4 is 92.4 Å². The van der Waals surface area contributed by atoms with Gasteiger partial charge < -0.3 is 42.9 Å². The Bertz CT molecular complexity index is 2970. The van der Waals surface area contributed by atoms with Crippen molar-refractivity contribution in [3.8, 4) is 34.5 Å². The Kier molecular flexibility index (Phi) is 17.8. The van der Waals surface area contributed by atoms with Crippen LogP contribution in [0.5, 0.6) is 34.5 Å². The van der Waals surface area contributed by atoms with E-state index in [1.807, 2.05) is 55.0 Å². The number of ether oxygens (including phenoxy) is 4. The summed E-state index contributed by atoms with van der Waals surface area (Å²) in [4.78, 5) is 40.3. The summed E-state index contributed by atoms with van der Waals surface area (Å²) in [5, 5.41) is 15.6. The Morgan fingerprint density at radius 3 is 1.39 bits per heavy atom. The minimum absolute atomic E-state index is 0. The maximum atomic E-state index is 10.9. The van der Waals surface area contributed by atoms with Crippen molar-refractivity contribution < 1.29 is 102 Å². The van der Waals surface area contributed by atoms with Gasteiger partial charge in [0.25, 0.3) is 0 Å². The minimum Gasteiger partial charge on any atom is -0.780 e. The first-order valence-corrected chi connectivity index (χ1v) is 21.6. The van der Waals surface area contributed by atoms with Gasteiger partial charge in [0.05, 0.1) is 39.5 Å². The van der Waals surface area contributed by atoms with E-state index >= 15 is 0 Å². The fourth-order valence-corrected chi connectivity index (χ4v) is 8.02.